The SMILES string of the molecule is CCNC(=NCc1cccc(Cl)c1)NCCCN1CCOCC1.I. The molecule has 24 heavy (non-hydrogen) atoms. The Labute approximate surface area is 167 Å². The Bertz CT molecular complexity index is 495. The highest BCUT2D eigenvalue weighted by atomic mass is 127. The monoisotopic (exact) mass is 466 g/mol. The van der Waals surface area contributed by atoms with Gasteiger partial charge in [-0.2, -0.15) is 0 Å². The molecule has 1 aromatic carbocycles. The number of hydrogen-bond donors (Lipinski definition) is 2. The second-order valence-electron chi connectivity index (χ2n) is 5.56. The van der Waals surface area contributed by atoms with Crippen LogP contribution >= 0.6 is 35.6 Å². The molecule has 7 heteroatoms. The van der Waals surface area contributed by atoms with E-state index in [0.717, 1.165) is 68.9 Å². The lowest BCUT2D eigenvalue weighted by Gasteiger charge is -2.26. The van der Waals surface area contributed by atoms with Crippen LogP contribution in [0.2, 0.25) is 5.02 Å². The second-order valence-corrected chi connectivity index (χ2v) is 6.00. The Hall–Kier alpha value is -0.570. The Balaban J connectivity index is 0.00000288. The van der Waals surface area contributed by atoms with Crippen LogP contribution in [0.1, 0.15) is 18.9 Å². The molecule has 0 aromatic heterocycles. The first-order valence-electron chi connectivity index (χ1n) is 8.34. The second kappa shape index (κ2) is 12.7. The zero-order valence-electron chi connectivity index (χ0n) is 14.3. The zero-order valence-corrected chi connectivity index (χ0v) is 17.3. The van der Waals surface area contributed by atoms with Gasteiger partial charge in [-0.3, -0.25) is 4.90 Å². The molecule has 0 bridgehead atoms. The first kappa shape index (κ1) is 21.5. The molecule has 2 N–H and O–H groups in total. The lowest BCUT2D eigenvalue weighted by atomic mass is 10.2. The van der Waals surface area contributed by atoms with Crippen LogP contribution < -0.4 is 10.6 Å². The van der Waals surface area contributed by atoms with E-state index in [1.54, 1.807) is 0 Å². The molecular formula is C17H28ClIN4O. The molecule has 0 unspecified atom stereocenters. The average molecular weight is 467 g/mol. The van der Waals surface area contributed by atoms with Gasteiger partial charge in [0, 0.05) is 31.2 Å². The lowest BCUT2D eigenvalue weighted by Crippen LogP contribution is -2.40. The molecule has 1 aromatic rings. The smallest absolute Gasteiger partial charge is 0.191 e. The standard InChI is InChI=1S/C17H27ClN4O.HI/c1-2-19-17(21-14-15-5-3-6-16(18)13-15)20-7-4-8-22-9-11-23-12-10-22;/h3,5-6,13H,2,4,7-12,14H2,1H3,(H2,19,20,21);1H. The largest absolute Gasteiger partial charge is 0.379 e. The number of guanidine groups is 1. The Morgan fingerprint density at radius 3 is 2.79 bits per heavy atom. The van der Waals surface area contributed by atoms with Crippen LogP contribution in [0.25, 0.3) is 0 Å². The van der Waals surface area contributed by atoms with E-state index < -0.39 is 0 Å². The summed E-state index contributed by atoms with van der Waals surface area (Å²) in [5.74, 6) is 0.856. The van der Waals surface area contributed by atoms with E-state index in [2.05, 4.69) is 27.4 Å². The highest BCUT2D eigenvalue weighted by Crippen LogP contribution is 2.11. The summed E-state index contributed by atoms with van der Waals surface area (Å²) in [6, 6.07) is 7.82. The molecule has 5 nitrogen and oxygen atoms in total. The summed E-state index contributed by atoms with van der Waals surface area (Å²) in [5, 5.41) is 7.42. The Kier molecular flexibility index (Phi) is 11.4. The molecule has 0 spiro atoms. The van der Waals surface area contributed by atoms with Gasteiger partial charge in [-0.25, -0.2) is 4.99 Å². The van der Waals surface area contributed by atoms with E-state index in [1.807, 2.05) is 24.3 Å². The topological polar surface area (TPSA) is 48.9 Å². The summed E-state index contributed by atoms with van der Waals surface area (Å²) < 4.78 is 5.36. The number of hydrogen-bond acceptors (Lipinski definition) is 3. The summed E-state index contributed by atoms with van der Waals surface area (Å²) in [6.07, 6.45) is 1.10. The fourth-order valence-corrected chi connectivity index (χ4v) is 2.69. The van der Waals surface area contributed by atoms with Crippen molar-refractivity contribution in [2.24, 2.45) is 4.99 Å². The number of morpholine rings is 1. The van der Waals surface area contributed by atoms with Crippen molar-refractivity contribution in [3.63, 3.8) is 0 Å². The van der Waals surface area contributed by atoms with Gasteiger partial charge in [0.15, 0.2) is 5.96 Å². The van der Waals surface area contributed by atoms with Gasteiger partial charge in [-0.05, 0) is 37.6 Å². The van der Waals surface area contributed by atoms with E-state index in [4.69, 9.17) is 16.3 Å². The number of halogens is 2. The van der Waals surface area contributed by atoms with Crippen molar-refractivity contribution >= 4 is 41.5 Å². The van der Waals surface area contributed by atoms with E-state index >= 15 is 0 Å². The molecule has 1 aliphatic rings. The van der Waals surface area contributed by atoms with E-state index in [1.165, 1.54) is 0 Å². The average Bonchev–Trinajstić information content (AvgIpc) is 2.57. The number of ether oxygens (including phenoxy) is 1. The van der Waals surface area contributed by atoms with Gasteiger partial charge in [-0.15, -0.1) is 24.0 Å². The van der Waals surface area contributed by atoms with Crippen LogP contribution in [0, 0.1) is 0 Å². The number of aliphatic imine (C=N–C) groups is 1. The predicted octanol–water partition coefficient (Wildman–Crippen LogP) is 2.74. The van der Waals surface area contributed by atoms with Gasteiger partial charge in [0.05, 0.1) is 19.8 Å². The highest BCUT2D eigenvalue weighted by molar-refractivity contribution is 14.0. The zero-order chi connectivity index (χ0) is 16.3. The van der Waals surface area contributed by atoms with E-state index in [-0.39, 0.29) is 24.0 Å². The maximum Gasteiger partial charge on any atom is 0.191 e. The summed E-state index contributed by atoms with van der Waals surface area (Å²) in [5.41, 5.74) is 1.11. The number of nitrogens with one attached hydrogen (secondary N) is 2. The molecule has 2 rings (SSSR count). The quantitative estimate of drug-likeness (QED) is 0.281. The molecule has 1 heterocycles. The Morgan fingerprint density at radius 2 is 2.08 bits per heavy atom. The fourth-order valence-electron chi connectivity index (χ4n) is 2.48. The third-order valence-corrected chi connectivity index (χ3v) is 3.94. The molecule has 1 fully saturated rings. The van der Waals surface area contributed by atoms with Crippen LogP contribution in [0.15, 0.2) is 29.3 Å². The van der Waals surface area contributed by atoms with Gasteiger partial charge in [0.25, 0.3) is 0 Å². The summed E-state index contributed by atoms with van der Waals surface area (Å²) in [4.78, 5) is 7.06. The summed E-state index contributed by atoms with van der Waals surface area (Å²) in [6.45, 7) is 9.37. The van der Waals surface area contributed by atoms with E-state index in [9.17, 15) is 0 Å². The van der Waals surface area contributed by atoms with Crippen molar-refractivity contribution in [2.75, 3.05) is 45.9 Å². The normalized spacial score (nSPS) is 15.7. The molecule has 0 aliphatic carbocycles. The van der Waals surface area contributed by atoms with Gasteiger partial charge in [0.1, 0.15) is 0 Å². The molecule has 0 atom stereocenters. The van der Waals surface area contributed by atoms with Crippen molar-refractivity contribution in [1.82, 2.24) is 15.5 Å². The van der Waals surface area contributed by atoms with Crippen LogP contribution in [-0.4, -0.2) is 56.8 Å². The first-order valence-corrected chi connectivity index (χ1v) is 8.72. The first-order chi connectivity index (χ1) is 11.3. The van der Waals surface area contributed by atoms with Crippen LogP contribution in [0.5, 0.6) is 0 Å². The molecule has 1 saturated heterocycles. The molecule has 0 amide bonds. The highest BCUT2D eigenvalue weighted by Gasteiger charge is 2.09. The number of rotatable bonds is 7. The molecule has 0 radical (unpaired) electrons. The third-order valence-electron chi connectivity index (χ3n) is 3.70. The van der Waals surface area contributed by atoms with Crippen molar-refractivity contribution in [3.8, 4) is 0 Å². The molecule has 136 valence electrons. The maximum absolute atomic E-state index is 6.00. The molecule has 0 saturated carbocycles. The van der Waals surface area contributed by atoms with Crippen LogP contribution in [0.4, 0.5) is 0 Å². The molecular weight excluding hydrogens is 439 g/mol. The molecule has 1 aliphatic heterocycles. The number of benzene rings is 1. The summed E-state index contributed by atoms with van der Waals surface area (Å²) >= 11 is 6.00. The maximum atomic E-state index is 6.00. The van der Waals surface area contributed by atoms with Gasteiger partial charge >= 0.3 is 0 Å². The van der Waals surface area contributed by atoms with E-state index in [0.29, 0.717) is 6.54 Å². The minimum absolute atomic E-state index is 0. The predicted molar refractivity (Wildman–Crippen MR) is 112 cm³/mol. The Morgan fingerprint density at radius 1 is 1.29 bits per heavy atom. The van der Waals surface area contributed by atoms with Gasteiger partial charge in [-0.1, -0.05) is 23.7 Å². The fraction of sp³-hybridized carbons (Fsp3) is 0.588. The van der Waals surface area contributed by atoms with Crippen molar-refractivity contribution in [3.05, 3.63) is 34.9 Å². The van der Waals surface area contributed by atoms with Crippen molar-refractivity contribution < 1.29 is 4.74 Å². The van der Waals surface area contributed by atoms with Crippen LogP contribution in [0.3, 0.4) is 0 Å². The number of nitrogens with zero attached hydrogens (tertiary/aromatic N) is 2. The lowest BCUT2D eigenvalue weighted by molar-refractivity contribution is 0.0376. The minimum atomic E-state index is 0. The summed E-state index contributed by atoms with van der Waals surface area (Å²) in [7, 11) is 0. The third kappa shape index (κ3) is 8.50. The van der Waals surface area contributed by atoms with Gasteiger partial charge in [0.2, 0.25) is 0 Å². The van der Waals surface area contributed by atoms with Crippen LogP contribution in [-0.2, 0) is 11.3 Å². The van der Waals surface area contributed by atoms with Gasteiger partial charge < -0.3 is 15.4 Å². The van der Waals surface area contributed by atoms with Crippen molar-refractivity contribution in [2.45, 2.75) is 19.9 Å². The van der Waals surface area contributed by atoms with Crippen molar-refractivity contribution in [1.29, 1.82) is 0 Å². The minimum Gasteiger partial charge on any atom is -0.379 e.